The summed E-state index contributed by atoms with van der Waals surface area (Å²) in [6, 6.07) is 0.272. The standard InChI is InChI=1S/C11H19N3O2/c1-11(2,3)10-13-9(16-14-10)7-5-15-6-8(7)12-4/h7-8,12H,5-6H2,1-4H3. The number of hydrogen-bond donors (Lipinski definition) is 1. The number of rotatable bonds is 2. The highest BCUT2D eigenvalue weighted by Gasteiger charge is 2.34. The van der Waals surface area contributed by atoms with Gasteiger partial charge in [-0.1, -0.05) is 25.9 Å². The van der Waals surface area contributed by atoms with Gasteiger partial charge in [0.2, 0.25) is 5.89 Å². The van der Waals surface area contributed by atoms with Gasteiger partial charge in [-0.15, -0.1) is 0 Å². The highest BCUT2D eigenvalue weighted by Crippen LogP contribution is 2.26. The van der Waals surface area contributed by atoms with Gasteiger partial charge < -0.3 is 14.6 Å². The SMILES string of the molecule is CNC1COCC1c1nc(C(C)(C)C)no1. The Morgan fingerprint density at radius 3 is 2.62 bits per heavy atom. The van der Waals surface area contributed by atoms with E-state index < -0.39 is 0 Å². The van der Waals surface area contributed by atoms with E-state index in [-0.39, 0.29) is 17.4 Å². The maximum absolute atomic E-state index is 5.42. The fraction of sp³-hybridized carbons (Fsp3) is 0.818. The van der Waals surface area contributed by atoms with Crippen molar-refractivity contribution in [2.24, 2.45) is 0 Å². The van der Waals surface area contributed by atoms with Crippen molar-refractivity contribution in [3.63, 3.8) is 0 Å². The summed E-state index contributed by atoms with van der Waals surface area (Å²) in [5.74, 6) is 1.61. The number of likely N-dealkylation sites (N-methyl/N-ethyl adjacent to an activating group) is 1. The second-order valence-electron chi connectivity index (χ2n) is 5.25. The quantitative estimate of drug-likeness (QED) is 0.815. The summed E-state index contributed by atoms with van der Waals surface area (Å²) in [5.41, 5.74) is -0.0731. The van der Waals surface area contributed by atoms with Crippen LogP contribution in [0.3, 0.4) is 0 Å². The molecule has 1 aromatic heterocycles. The monoisotopic (exact) mass is 225 g/mol. The van der Waals surface area contributed by atoms with Crippen molar-refractivity contribution in [3.05, 3.63) is 11.7 Å². The lowest BCUT2D eigenvalue weighted by atomic mass is 9.96. The van der Waals surface area contributed by atoms with Gasteiger partial charge in [-0.25, -0.2) is 0 Å². The van der Waals surface area contributed by atoms with E-state index in [1.807, 2.05) is 7.05 Å². The van der Waals surface area contributed by atoms with Crippen LogP contribution in [-0.2, 0) is 10.2 Å². The van der Waals surface area contributed by atoms with Crippen LogP contribution in [0.1, 0.15) is 38.4 Å². The second kappa shape index (κ2) is 4.14. The van der Waals surface area contributed by atoms with Crippen molar-refractivity contribution in [2.75, 3.05) is 20.3 Å². The molecule has 0 bridgehead atoms. The molecule has 0 radical (unpaired) electrons. The zero-order valence-electron chi connectivity index (χ0n) is 10.3. The van der Waals surface area contributed by atoms with E-state index in [1.165, 1.54) is 0 Å². The minimum Gasteiger partial charge on any atom is -0.379 e. The summed E-state index contributed by atoms with van der Waals surface area (Å²) < 4.78 is 10.7. The maximum atomic E-state index is 5.42. The molecule has 0 aliphatic carbocycles. The molecule has 1 fully saturated rings. The van der Waals surface area contributed by atoms with Gasteiger partial charge in [-0.05, 0) is 7.05 Å². The number of hydrogen-bond acceptors (Lipinski definition) is 5. The average Bonchev–Trinajstić information content (AvgIpc) is 2.84. The van der Waals surface area contributed by atoms with E-state index in [0.717, 1.165) is 5.82 Å². The van der Waals surface area contributed by atoms with Crippen LogP contribution in [0.5, 0.6) is 0 Å². The number of aromatic nitrogens is 2. The summed E-state index contributed by atoms with van der Waals surface area (Å²) in [6.07, 6.45) is 0. The van der Waals surface area contributed by atoms with Crippen molar-refractivity contribution in [1.29, 1.82) is 0 Å². The van der Waals surface area contributed by atoms with E-state index >= 15 is 0 Å². The summed E-state index contributed by atoms with van der Waals surface area (Å²) in [5, 5.41) is 7.24. The molecule has 0 aromatic carbocycles. The summed E-state index contributed by atoms with van der Waals surface area (Å²) in [6.45, 7) is 7.57. The van der Waals surface area contributed by atoms with Gasteiger partial charge in [0.15, 0.2) is 5.82 Å². The van der Waals surface area contributed by atoms with E-state index in [9.17, 15) is 0 Å². The summed E-state index contributed by atoms with van der Waals surface area (Å²) in [4.78, 5) is 4.46. The zero-order valence-corrected chi connectivity index (χ0v) is 10.3. The third kappa shape index (κ3) is 2.10. The summed E-state index contributed by atoms with van der Waals surface area (Å²) in [7, 11) is 1.92. The van der Waals surface area contributed by atoms with Gasteiger partial charge in [0.05, 0.1) is 19.1 Å². The molecule has 2 rings (SSSR count). The fourth-order valence-electron chi connectivity index (χ4n) is 1.77. The average molecular weight is 225 g/mol. The van der Waals surface area contributed by atoms with Crippen molar-refractivity contribution in [2.45, 2.75) is 38.1 Å². The topological polar surface area (TPSA) is 60.2 Å². The fourth-order valence-corrected chi connectivity index (χ4v) is 1.77. The lowest BCUT2D eigenvalue weighted by Gasteiger charge is -2.13. The van der Waals surface area contributed by atoms with Crippen LogP contribution < -0.4 is 5.32 Å². The lowest BCUT2D eigenvalue weighted by molar-refractivity contribution is 0.185. The molecule has 90 valence electrons. The van der Waals surface area contributed by atoms with E-state index in [2.05, 4.69) is 36.2 Å². The Hall–Kier alpha value is -0.940. The van der Waals surface area contributed by atoms with E-state index in [4.69, 9.17) is 9.26 Å². The van der Waals surface area contributed by atoms with Crippen molar-refractivity contribution >= 4 is 0 Å². The molecule has 1 aromatic rings. The second-order valence-corrected chi connectivity index (χ2v) is 5.25. The minimum atomic E-state index is -0.0731. The number of nitrogens with one attached hydrogen (secondary N) is 1. The first-order valence-electron chi connectivity index (χ1n) is 5.61. The van der Waals surface area contributed by atoms with Crippen LogP contribution in [-0.4, -0.2) is 36.4 Å². The molecule has 0 saturated carbocycles. The highest BCUT2D eigenvalue weighted by atomic mass is 16.5. The zero-order chi connectivity index (χ0) is 11.8. The molecule has 1 aliphatic heterocycles. The van der Waals surface area contributed by atoms with Gasteiger partial charge in [0, 0.05) is 11.5 Å². The molecule has 0 amide bonds. The Labute approximate surface area is 95.6 Å². The highest BCUT2D eigenvalue weighted by molar-refractivity contribution is 5.06. The van der Waals surface area contributed by atoms with Gasteiger partial charge >= 0.3 is 0 Å². The third-order valence-electron chi connectivity index (χ3n) is 2.88. The van der Waals surface area contributed by atoms with Crippen LogP contribution in [0.4, 0.5) is 0 Å². The van der Waals surface area contributed by atoms with Gasteiger partial charge in [0.25, 0.3) is 0 Å². The molecule has 2 heterocycles. The van der Waals surface area contributed by atoms with Crippen LogP contribution in [0.2, 0.25) is 0 Å². The van der Waals surface area contributed by atoms with Crippen molar-refractivity contribution in [3.8, 4) is 0 Å². The number of nitrogens with zero attached hydrogens (tertiary/aromatic N) is 2. The van der Waals surface area contributed by atoms with E-state index in [0.29, 0.717) is 19.1 Å². The molecule has 5 heteroatoms. The first kappa shape index (κ1) is 11.5. The van der Waals surface area contributed by atoms with Gasteiger partial charge in [-0.3, -0.25) is 0 Å². The molecule has 16 heavy (non-hydrogen) atoms. The predicted molar refractivity (Wildman–Crippen MR) is 59.4 cm³/mol. The van der Waals surface area contributed by atoms with Crippen LogP contribution >= 0.6 is 0 Å². The van der Waals surface area contributed by atoms with Crippen LogP contribution in [0.15, 0.2) is 4.52 Å². The molecule has 2 unspecified atom stereocenters. The van der Waals surface area contributed by atoms with E-state index in [1.54, 1.807) is 0 Å². The first-order valence-corrected chi connectivity index (χ1v) is 5.61. The molecular weight excluding hydrogens is 206 g/mol. The minimum absolute atomic E-state index is 0.0731. The van der Waals surface area contributed by atoms with Gasteiger partial charge in [0.1, 0.15) is 0 Å². The Bertz CT molecular complexity index is 356. The summed E-state index contributed by atoms with van der Waals surface area (Å²) >= 11 is 0. The van der Waals surface area contributed by atoms with Crippen molar-refractivity contribution in [1.82, 2.24) is 15.5 Å². The smallest absolute Gasteiger partial charge is 0.233 e. The Kier molecular flexibility index (Phi) is 2.99. The Morgan fingerprint density at radius 1 is 1.31 bits per heavy atom. The molecular formula is C11H19N3O2. The molecule has 0 spiro atoms. The largest absolute Gasteiger partial charge is 0.379 e. The third-order valence-corrected chi connectivity index (χ3v) is 2.88. The molecule has 1 N–H and O–H groups in total. The number of ether oxygens (including phenoxy) is 1. The normalized spacial score (nSPS) is 26.2. The first-order chi connectivity index (χ1) is 7.52. The van der Waals surface area contributed by atoms with Crippen LogP contribution in [0.25, 0.3) is 0 Å². The maximum Gasteiger partial charge on any atom is 0.233 e. The van der Waals surface area contributed by atoms with Gasteiger partial charge in [-0.2, -0.15) is 4.98 Å². The Morgan fingerprint density at radius 2 is 2.06 bits per heavy atom. The predicted octanol–water partition coefficient (Wildman–Crippen LogP) is 1.07. The molecule has 5 nitrogen and oxygen atoms in total. The molecule has 1 saturated heterocycles. The lowest BCUT2D eigenvalue weighted by Crippen LogP contribution is -2.31. The van der Waals surface area contributed by atoms with Crippen molar-refractivity contribution < 1.29 is 9.26 Å². The molecule has 1 aliphatic rings. The van der Waals surface area contributed by atoms with Crippen LogP contribution in [0, 0.1) is 0 Å². The Balaban J connectivity index is 2.18. The molecule has 2 atom stereocenters.